The summed E-state index contributed by atoms with van der Waals surface area (Å²) in [6, 6.07) is 13.9. The van der Waals surface area contributed by atoms with Crippen molar-refractivity contribution in [2.45, 2.75) is 19.3 Å². The molecule has 0 aliphatic rings. The molecule has 30 heavy (non-hydrogen) atoms. The van der Waals surface area contributed by atoms with Gasteiger partial charge >= 0.3 is 5.69 Å². The highest BCUT2D eigenvalue weighted by Gasteiger charge is 2.13. The molecule has 1 heterocycles. The molecule has 158 valence electrons. The Morgan fingerprint density at radius 1 is 1.03 bits per heavy atom. The molecule has 3 rings (SSSR count). The van der Waals surface area contributed by atoms with E-state index in [0.29, 0.717) is 18.0 Å². The van der Waals surface area contributed by atoms with Crippen molar-refractivity contribution < 1.29 is 19.4 Å². The number of carbonyl (C=O) groups is 1. The fourth-order valence-corrected chi connectivity index (χ4v) is 3.17. The van der Waals surface area contributed by atoms with E-state index in [2.05, 4.69) is 15.3 Å². The van der Waals surface area contributed by atoms with Gasteiger partial charge in [0, 0.05) is 6.54 Å². The highest BCUT2D eigenvalue weighted by Crippen LogP contribution is 2.32. The molecule has 1 atom stereocenters. The van der Waals surface area contributed by atoms with Gasteiger partial charge in [0.25, 0.3) is 0 Å². The molecule has 0 aliphatic heterocycles. The number of H-pyrrole nitrogens is 2. The summed E-state index contributed by atoms with van der Waals surface area (Å²) in [7, 11) is 3.21. The van der Waals surface area contributed by atoms with Crippen molar-refractivity contribution in [3.63, 3.8) is 0 Å². The van der Waals surface area contributed by atoms with Gasteiger partial charge in [-0.05, 0) is 34.7 Å². The maximum Gasteiger partial charge on any atom is 0.325 e. The number of carbonyl (C=O) groups excluding carboxylic acids is 1. The Morgan fingerprint density at radius 3 is 2.30 bits per heavy atom. The van der Waals surface area contributed by atoms with Gasteiger partial charge in [-0.2, -0.15) is 0 Å². The Balaban J connectivity index is 1.61. The van der Waals surface area contributed by atoms with Crippen molar-refractivity contribution in [3.05, 3.63) is 64.2 Å². The first kappa shape index (κ1) is 21.0. The highest BCUT2D eigenvalue weighted by atomic mass is 16.5. The molecule has 0 radical (unpaired) electrons. The molecule has 0 aliphatic carbocycles. The van der Waals surface area contributed by atoms with Gasteiger partial charge in [-0.25, -0.2) is 4.79 Å². The number of aromatic hydroxyl groups is 1. The Kier molecular flexibility index (Phi) is 6.46. The Hall–Kier alpha value is -3.68. The van der Waals surface area contributed by atoms with Gasteiger partial charge in [0.1, 0.15) is 0 Å². The second-order valence-electron chi connectivity index (χ2n) is 6.98. The van der Waals surface area contributed by atoms with Crippen LogP contribution in [0.25, 0.3) is 11.1 Å². The van der Waals surface area contributed by atoms with Crippen LogP contribution in [-0.4, -0.2) is 41.7 Å². The van der Waals surface area contributed by atoms with Crippen LogP contribution in [0.3, 0.4) is 0 Å². The topological polar surface area (TPSA) is 116 Å². The Labute approximate surface area is 173 Å². The van der Waals surface area contributed by atoms with Crippen LogP contribution in [0.15, 0.2) is 47.3 Å². The molecule has 2 aromatic carbocycles. The molecule has 0 saturated heterocycles. The van der Waals surface area contributed by atoms with E-state index in [9.17, 15) is 14.7 Å². The molecule has 8 heteroatoms. The highest BCUT2D eigenvalue weighted by molar-refractivity contribution is 5.78. The van der Waals surface area contributed by atoms with Crippen molar-refractivity contribution in [2.24, 2.45) is 0 Å². The van der Waals surface area contributed by atoms with E-state index >= 15 is 0 Å². The van der Waals surface area contributed by atoms with E-state index in [1.807, 2.05) is 49.4 Å². The van der Waals surface area contributed by atoms with Crippen molar-refractivity contribution in [1.82, 2.24) is 15.3 Å². The fourth-order valence-electron chi connectivity index (χ4n) is 3.17. The molecule has 1 unspecified atom stereocenters. The van der Waals surface area contributed by atoms with E-state index in [0.717, 1.165) is 16.7 Å². The summed E-state index contributed by atoms with van der Waals surface area (Å²) >= 11 is 0. The second kappa shape index (κ2) is 9.21. The van der Waals surface area contributed by atoms with E-state index in [-0.39, 0.29) is 29.8 Å². The first-order chi connectivity index (χ1) is 14.4. The van der Waals surface area contributed by atoms with Gasteiger partial charge in [-0.1, -0.05) is 37.3 Å². The summed E-state index contributed by atoms with van der Waals surface area (Å²) in [5.41, 5.74) is 2.77. The molecule has 0 bridgehead atoms. The minimum absolute atomic E-state index is 0.0901. The summed E-state index contributed by atoms with van der Waals surface area (Å²) in [6.45, 7) is 2.45. The van der Waals surface area contributed by atoms with Crippen LogP contribution in [0.2, 0.25) is 0 Å². The number of nitrogens with one attached hydrogen (secondary N) is 3. The van der Waals surface area contributed by atoms with E-state index in [4.69, 9.17) is 9.47 Å². The molecule has 4 N–H and O–H groups in total. The third-order valence-corrected chi connectivity index (χ3v) is 4.92. The number of benzene rings is 2. The summed E-state index contributed by atoms with van der Waals surface area (Å²) in [5.74, 6) is 0.847. The molecular formula is C22H25N3O5. The minimum atomic E-state index is -0.543. The van der Waals surface area contributed by atoms with Crippen molar-refractivity contribution in [3.8, 4) is 28.5 Å². The smallest absolute Gasteiger partial charge is 0.325 e. The standard InChI is InChI=1S/C22H25N3O5/c1-13(12-23-20(26)11-17-21(27)25-22(28)24-17)14-4-6-15(7-5-14)16-8-9-18(29-2)19(10-16)30-3/h4-10,13,27H,11-12H2,1-3H3,(H,23,26)(H2,24,25,28). The zero-order valence-corrected chi connectivity index (χ0v) is 17.1. The van der Waals surface area contributed by atoms with Gasteiger partial charge in [-0.15, -0.1) is 0 Å². The number of aromatic nitrogens is 2. The zero-order valence-electron chi connectivity index (χ0n) is 17.1. The van der Waals surface area contributed by atoms with E-state index in [1.165, 1.54) is 0 Å². The minimum Gasteiger partial charge on any atom is -0.493 e. The zero-order chi connectivity index (χ0) is 21.7. The van der Waals surface area contributed by atoms with Gasteiger partial charge in [0.15, 0.2) is 11.5 Å². The number of hydrogen-bond donors (Lipinski definition) is 4. The normalized spacial score (nSPS) is 11.7. The van der Waals surface area contributed by atoms with Crippen LogP contribution in [0.4, 0.5) is 0 Å². The van der Waals surface area contributed by atoms with Gasteiger partial charge < -0.3 is 24.9 Å². The van der Waals surface area contributed by atoms with E-state index < -0.39 is 5.69 Å². The summed E-state index contributed by atoms with van der Waals surface area (Å²) < 4.78 is 10.6. The van der Waals surface area contributed by atoms with Crippen LogP contribution in [0.5, 0.6) is 17.4 Å². The van der Waals surface area contributed by atoms with Crippen LogP contribution in [0.1, 0.15) is 24.1 Å². The molecule has 1 aromatic heterocycles. The first-order valence-electron chi connectivity index (χ1n) is 9.50. The van der Waals surface area contributed by atoms with E-state index in [1.54, 1.807) is 14.2 Å². The number of aromatic amines is 2. The molecule has 0 fully saturated rings. The quantitative estimate of drug-likeness (QED) is 0.455. The summed E-state index contributed by atoms with van der Waals surface area (Å²) in [6.07, 6.45) is -0.102. The number of hydrogen-bond acceptors (Lipinski definition) is 5. The average molecular weight is 411 g/mol. The van der Waals surface area contributed by atoms with Gasteiger partial charge in [0.05, 0.1) is 26.3 Å². The second-order valence-corrected chi connectivity index (χ2v) is 6.98. The molecule has 3 aromatic rings. The SMILES string of the molecule is COc1ccc(-c2ccc(C(C)CNC(=O)Cc3[nH]c(=O)[nH]c3O)cc2)cc1OC. The Morgan fingerprint density at radius 2 is 1.70 bits per heavy atom. The average Bonchev–Trinajstić information content (AvgIpc) is 3.07. The van der Waals surface area contributed by atoms with Gasteiger partial charge in [0.2, 0.25) is 11.8 Å². The lowest BCUT2D eigenvalue weighted by Crippen LogP contribution is -2.29. The summed E-state index contributed by atoms with van der Waals surface area (Å²) in [5, 5.41) is 12.4. The van der Waals surface area contributed by atoms with Crippen molar-refractivity contribution >= 4 is 5.91 Å². The maximum absolute atomic E-state index is 12.1. The van der Waals surface area contributed by atoms with Crippen LogP contribution in [-0.2, 0) is 11.2 Å². The molecule has 0 spiro atoms. The molecular weight excluding hydrogens is 386 g/mol. The first-order valence-corrected chi connectivity index (χ1v) is 9.50. The van der Waals surface area contributed by atoms with Crippen molar-refractivity contribution in [1.29, 1.82) is 0 Å². The lowest BCUT2D eigenvalue weighted by Gasteiger charge is -2.14. The van der Waals surface area contributed by atoms with Gasteiger partial charge in [-0.3, -0.25) is 9.78 Å². The van der Waals surface area contributed by atoms with Crippen LogP contribution >= 0.6 is 0 Å². The molecule has 1 amide bonds. The number of rotatable bonds is 8. The molecule has 0 saturated carbocycles. The predicted octanol–water partition coefficient (Wildman–Crippen LogP) is 2.56. The monoisotopic (exact) mass is 411 g/mol. The predicted molar refractivity (Wildman–Crippen MR) is 113 cm³/mol. The van der Waals surface area contributed by atoms with Crippen LogP contribution in [0, 0.1) is 0 Å². The number of ether oxygens (including phenoxy) is 2. The number of imidazole rings is 1. The molecule has 8 nitrogen and oxygen atoms in total. The Bertz CT molecular complexity index is 1070. The maximum atomic E-state index is 12.1. The lowest BCUT2D eigenvalue weighted by atomic mass is 9.97. The van der Waals surface area contributed by atoms with Crippen molar-refractivity contribution in [2.75, 3.05) is 20.8 Å². The fraction of sp³-hybridized carbons (Fsp3) is 0.273. The number of amides is 1. The number of methoxy groups -OCH3 is 2. The van der Waals surface area contributed by atoms with Crippen LogP contribution < -0.4 is 20.5 Å². The largest absolute Gasteiger partial charge is 0.493 e. The third-order valence-electron chi connectivity index (χ3n) is 4.92. The lowest BCUT2D eigenvalue weighted by molar-refractivity contribution is -0.120. The third kappa shape index (κ3) is 4.83. The summed E-state index contributed by atoms with van der Waals surface area (Å²) in [4.78, 5) is 27.8.